The van der Waals surface area contributed by atoms with Gasteiger partial charge in [0, 0.05) is 62.2 Å². The van der Waals surface area contributed by atoms with Crippen LogP contribution in [0, 0.1) is 30.6 Å². The average Bonchev–Trinajstić information content (AvgIpc) is 3.23. The third-order valence-electron chi connectivity index (χ3n) is 7.29. The Kier molecular flexibility index (Phi) is 10.1. The molecule has 0 atom stereocenters. The van der Waals surface area contributed by atoms with Gasteiger partial charge >= 0.3 is 0 Å². The van der Waals surface area contributed by atoms with Gasteiger partial charge in [0.1, 0.15) is 0 Å². The van der Waals surface area contributed by atoms with Gasteiger partial charge in [-0.05, 0) is 68.5 Å². The van der Waals surface area contributed by atoms with Gasteiger partial charge in [-0.15, -0.1) is 12.3 Å². The van der Waals surface area contributed by atoms with Crippen LogP contribution in [0.5, 0.6) is 0 Å². The number of likely N-dealkylation sites (tertiary alicyclic amines) is 1. The molecule has 0 bridgehead atoms. The van der Waals surface area contributed by atoms with Crippen molar-refractivity contribution >= 4 is 16.9 Å². The van der Waals surface area contributed by atoms with Gasteiger partial charge in [-0.3, -0.25) is 9.78 Å². The molecule has 8 nitrogen and oxygen atoms in total. The van der Waals surface area contributed by atoms with Crippen molar-refractivity contribution in [3.8, 4) is 24.1 Å². The minimum absolute atomic E-state index is 0.00285. The van der Waals surface area contributed by atoms with Crippen LogP contribution in [0.15, 0.2) is 36.5 Å². The van der Waals surface area contributed by atoms with Crippen molar-refractivity contribution in [3.63, 3.8) is 0 Å². The van der Waals surface area contributed by atoms with E-state index in [1.54, 1.807) is 0 Å². The summed E-state index contributed by atoms with van der Waals surface area (Å²) in [7, 11) is 0. The topological polar surface area (TPSA) is 103 Å². The highest BCUT2D eigenvalue weighted by molar-refractivity contribution is 5.84. The Balaban J connectivity index is 1.50. The number of benzene rings is 1. The number of pyridine rings is 1. The number of carbonyl (C=O) groups is 1. The summed E-state index contributed by atoms with van der Waals surface area (Å²) < 4.78 is 8.27. The SMILES string of the molecule is C#CCCCNC(=O)CCc1cnc2c(COCCN3CCC(O)CC3)c(C)n(-c3ccc(C#N)cc3)c2c1. The highest BCUT2D eigenvalue weighted by atomic mass is 16.5. The molecule has 1 fully saturated rings. The van der Waals surface area contributed by atoms with Crippen molar-refractivity contribution in [3.05, 3.63) is 58.9 Å². The molecule has 0 radical (unpaired) electrons. The van der Waals surface area contributed by atoms with Gasteiger partial charge in [0.25, 0.3) is 0 Å². The summed E-state index contributed by atoms with van der Waals surface area (Å²) in [6.07, 6.45) is 11.0. The number of carbonyl (C=O) groups excluding carboxylic acids is 1. The lowest BCUT2D eigenvalue weighted by molar-refractivity contribution is -0.121. The van der Waals surface area contributed by atoms with E-state index < -0.39 is 0 Å². The summed E-state index contributed by atoms with van der Waals surface area (Å²) in [5.74, 6) is 2.59. The maximum absolute atomic E-state index is 12.3. The smallest absolute Gasteiger partial charge is 0.220 e. The maximum Gasteiger partial charge on any atom is 0.220 e. The van der Waals surface area contributed by atoms with E-state index in [0.29, 0.717) is 44.6 Å². The number of rotatable bonds is 12. The largest absolute Gasteiger partial charge is 0.393 e. The number of nitrogens with one attached hydrogen (secondary N) is 1. The lowest BCUT2D eigenvalue weighted by Gasteiger charge is -2.29. The number of aromatic nitrogens is 2. The second-order valence-electron chi connectivity index (χ2n) is 10.1. The molecular formula is C31H37N5O3. The number of nitrogens with zero attached hydrogens (tertiary/aromatic N) is 4. The summed E-state index contributed by atoms with van der Waals surface area (Å²) in [6, 6.07) is 11.8. The summed E-state index contributed by atoms with van der Waals surface area (Å²) in [5, 5.41) is 21.9. The number of aliphatic hydroxyl groups excluding tert-OH is 1. The zero-order valence-corrected chi connectivity index (χ0v) is 22.7. The van der Waals surface area contributed by atoms with Gasteiger partial charge in [0.05, 0.1) is 42.0 Å². The van der Waals surface area contributed by atoms with Crippen LogP contribution in [0.4, 0.5) is 0 Å². The Morgan fingerprint density at radius 3 is 2.77 bits per heavy atom. The van der Waals surface area contributed by atoms with Crippen LogP contribution in [0.25, 0.3) is 16.7 Å². The minimum Gasteiger partial charge on any atom is -0.393 e. The molecule has 3 aromatic rings. The van der Waals surface area contributed by atoms with Crippen LogP contribution in [-0.4, -0.2) is 64.4 Å². The van der Waals surface area contributed by atoms with Crippen LogP contribution in [0.1, 0.15) is 54.5 Å². The fourth-order valence-electron chi connectivity index (χ4n) is 4.99. The standard InChI is InChI=1S/C31H37N5O3/c1-3-4-5-14-33-30(38)11-8-25-19-29-31(34-21-25)28(22-39-18-17-35-15-12-27(37)13-16-35)23(2)36(29)26-9-6-24(20-32)7-10-26/h1,6-7,9-10,19,21,27,37H,4-5,8,11-18,22H2,2H3,(H,33,38). The number of aryl methyl sites for hydroxylation is 1. The first-order valence-corrected chi connectivity index (χ1v) is 13.7. The first kappa shape index (κ1) is 28.3. The van der Waals surface area contributed by atoms with Crippen molar-refractivity contribution in [2.75, 3.05) is 32.8 Å². The molecule has 0 unspecified atom stereocenters. The molecule has 3 heterocycles. The Morgan fingerprint density at radius 1 is 1.28 bits per heavy atom. The van der Waals surface area contributed by atoms with Crippen molar-refractivity contribution in [2.24, 2.45) is 0 Å². The number of unbranched alkanes of at least 4 members (excludes halogenated alkanes) is 1. The van der Waals surface area contributed by atoms with E-state index in [1.165, 1.54) is 0 Å². The maximum atomic E-state index is 12.3. The molecule has 1 aliphatic heterocycles. The molecule has 0 saturated carbocycles. The first-order valence-electron chi connectivity index (χ1n) is 13.7. The molecule has 1 aliphatic rings. The Morgan fingerprint density at radius 2 is 2.05 bits per heavy atom. The summed E-state index contributed by atoms with van der Waals surface area (Å²) in [4.78, 5) is 19.4. The molecule has 4 rings (SSSR count). The van der Waals surface area contributed by atoms with Crippen LogP contribution in [0.3, 0.4) is 0 Å². The summed E-state index contributed by atoms with van der Waals surface area (Å²) in [5.41, 5.74) is 6.42. The van der Waals surface area contributed by atoms with Gasteiger partial charge in [0.15, 0.2) is 0 Å². The number of aliphatic hydroxyl groups is 1. The fraction of sp³-hybridized carbons (Fsp3) is 0.452. The number of hydrogen-bond donors (Lipinski definition) is 2. The lowest BCUT2D eigenvalue weighted by Crippen LogP contribution is -2.37. The average molecular weight is 528 g/mol. The molecule has 39 heavy (non-hydrogen) atoms. The number of amides is 1. The van der Waals surface area contributed by atoms with Crippen molar-refractivity contribution in [1.82, 2.24) is 19.8 Å². The quantitative estimate of drug-likeness (QED) is 0.275. The molecule has 204 valence electrons. The number of ether oxygens (including phenoxy) is 1. The fourth-order valence-corrected chi connectivity index (χ4v) is 4.99. The number of terminal acetylenes is 1. The van der Waals surface area contributed by atoms with Crippen molar-refractivity contribution < 1.29 is 14.6 Å². The number of piperidine rings is 1. The molecule has 2 N–H and O–H groups in total. The van der Waals surface area contributed by atoms with Gasteiger partial charge in [0.2, 0.25) is 5.91 Å². The van der Waals surface area contributed by atoms with E-state index in [1.807, 2.05) is 30.5 Å². The minimum atomic E-state index is -0.178. The predicted octanol–water partition coefficient (Wildman–Crippen LogP) is 3.64. The van der Waals surface area contributed by atoms with Gasteiger partial charge in [-0.2, -0.15) is 5.26 Å². The normalized spacial score (nSPS) is 14.3. The number of nitriles is 1. The molecule has 1 aromatic carbocycles. The van der Waals surface area contributed by atoms with Crippen LogP contribution < -0.4 is 5.32 Å². The van der Waals surface area contributed by atoms with E-state index in [0.717, 1.165) is 72.4 Å². The van der Waals surface area contributed by atoms with Crippen molar-refractivity contribution in [2.45, 2.75) is 58.2 Å². The lowest BCUT2D eigenvalue weighted by atomic mass is 10.1. The highest BCUT2D eigenvalue weighted by Gasteiger charge is 2.19. The first-order chi connectivity index (χ1) is 19.0. The summed E-state index contributed by atoms with van der Waals surface area (Å²) in [6.45, 7) is 6.33. The van der Waals surface area contributed by atoms with Gasteiger partial charge in [-0.25, -0.2) is 0 Å². The molecule has 0 spiro atoms. The molecule has 0 aliphatic carbocycles. The summed E-state index contributed by atoms with van der Waals surface area (Å²) >= 11 is 0. The number of fused-ring (bicyclic) bond motifs is 1. The third kappa shape index (κ3) is 7.46. The Bertz CT molecular complexity index is 1340. The molecule has 2 aromatic heterocycles. The predicted molar refractivity (Wildman–Crippen MR) is 151 cm³/mol. The third-order valence-corrected chi connectivity index (χ3v) is 7.29. The van der Waals surface area contributed by atoms with E-state index >= 15 is 0 Å². The molecule has 1 saturated heterocycles. The van der Waals surface area contributed by atoms with Crippen LogP contribution in [0.2, 0.25) is 0 Å². The highest BCUT2D eigenvalue weighted by Crippen LogP contribution is 2.29. The van der Waals surface area contributed by atoms with Crippen LogP contribution >= 0.6 is 0 Å². The Labute approximate surface area is 230 Å². The van der Waals surface area contributed by atoms with E-state index in [9.17, 15) is 15.2 Å². The van der Waals surface area contributed by atoms with Crippen LogP contribution in [-0.2, 0) is 22.6 Å². The Hall–Kier alpha value is -3.69. The molecule has 1 amide bonds. The zero-order valence-electron chi connectivity index (χ0n) is 22.7. The van der Waals surface area contributed by atoms with Crippen molar-refractivity contribution in [1.29, 1.82) is 5.26 Å². The van der Waals surface area contributed by atoms with Gasteiger partial charge in [-0.1, -0.05) is 0 Å². The molecular weight excluding hydrogens is 490 g/mol. The van der Waals surface area contributed by atoms with E-state index in [4.69, 9.17) is 16.1 Å². The second kappa shape index (κ2) is 13.9. The van der Waals surface area contributed by atoms with E-state index in [-0.39, 0.29) is 12.0 Å². The van der Waals surface area contributed by atoms with Gasteiger partial charge < -0.3 is 24.6 Å². The van der Waals surface area contributed by atoms with E-state index in [2.05, 4.69) is 39.8 Å². The zero-order chi connectivity index (χ0) is 27.6. The molecule has 8 heteroatoms. The monoisotopic (exact) mass is 527 g/mol. The second-order valence-corrected chi connectivity index (χ2v) is 10.1. The number of hydrogen-bond acceptors (Lipinski definition) is 6.